The van der Waals surface area contributed by atoms with E-state index in [1.165, 1.54) is 25.7 Å². The quantitative estimate of drug-likeness (QED) is 0.651. The van der Waals surface area contributed by atoms with Crippen molar-refractivity contribution in [2.24, 2.45) is 11.1 Å². The normalized spacial score (nSPS) is 13.4. The molecule has 0 heterocycles. The van der Waals surface area contributed by atoms with E-state index in [9.17, 15) is 4.79 Å². The minimum atomic E-state index is -0.393. The number of amides is 1. The Morgan fingerprint density at radius 2 is 1.42 bits per heavy atom. The average Bonchev–Trinajstić information content (AvgIpc) is 2.34. The predicted molar refractivity (Wildman–Crippen MR) is 83.1 cm³/mol. The summed E-state index contributed by atoms with van der Waals surface area (Å²) in [6.45, 7) is 12.2. The molecule has 0 spiro atoms. The summed E-state index contributed by atoms with van der Waals surface area (Å²) in [4.78, 5) is 14.5. The molecule has 1 amide bonds. The van der Waals surface area contributed by atoms with E-state index in [4.69, 9.17) is 5.73 Å². The van der Waals surface area contributed by atoms with Gasteiger partial charge >= 0.3 is 0 Å². The lowest BCUT2D eigenvalue weighted by Gasteiger charge is -2.32. The van der Waals surface area contributed by atoms with Crippen molar-refractivity contribution in [1.29, 1.82) is 0 Å². The van der Waals surface area contributed by atoms with Crippen LogP contribution >= 0.6 is 0 Å². The third kappa shape index (κ3) is 7.56. The van der Waals surface area contributed by atoms with Gasteiger partial charge in [0.15, 0.2) is 0 Å². The molecule has 0 radical (unpaired) electrons. The van der Waals surface area contributed by atoms with E-state index in [0.29, 0.717) is 0 Å². The van der Waals surface area contributed by atoms with Crippen molar-refractivity contribution < 1.29 is 4.79 Å². The maximum Gasteiger partial charge on any atom is 0.240 e. The third-order valence-electron chi connectivity index (χ3n) is 3.57. The Hall–Kier alpha value is -0.570. The molecule has 3 heteroatoms. The predicted octanol–water partition coefficient (Wildman–Crippen LogP) is 3.57. The second kappa shape index (κ2) is 9.35. The van der Waals surface area contributed by atoms with Crippen LogP contribution in [0.5, 0.6) is 0 Å². The Kier molecular flexibility index (Phi) is 9.07. The topological polar surface area (TPSA) is 46.3 Å². The molecule has 0 fully saturated rings. The molecule has 1 atom stereocenters. The summed E-state index contributed by atoms with van der Waals surface area (Å²) >= 11 is 0. The smallest absolute Gasteiger partial charge is 0.240 e. The van der Waals surface area contributed by atoms with Crippen molar-refractivity contribution in [2.45, 2.75) is 79.2 Å². The standard InChI is InChI=1S/C16H34N2O/c1-6-8-10-12-18(13-11-9-7-2)15(19)14(17)16(3,4)5/h14H,6-13,17H2,1-5H3/t14-/m0/s1. The number of rotatable bonds is 9. The Labute approximate surface area is 119 Å². The Bertz CT molecular complexity index is 236. The first-order valence-corrected chi connectivity index (χ1v) is 7.89. The van der Waals surface area contributed by atoms with Crippen molar-refractivity contribution >= 4 is 5.91 Å². The lowest BCUT2D eigenvalue weighted by atomic mass is 9.86. The van der Waals surface area contributed by atoms with Gasteiger partial charge in [-0.3, -0.25) is 4.79 Å². The van der Waals surface area contributed by atoms with Crippen LogP contribution in [-0.2, 0) is 4.79 Å². The number of hydrogen-bond donors (Lipinski definition) is 1. The zero-order valence-electron chi connectivity index (χ0n) is 13.7. The maximum atomic E-state index is 12.5. The van der Waals surface area contributed by atoms with E-state index in [1.54, 1.807) is 0 Å². The fourth-order valence-electron chi connectivity index (χ4n) is 2.00. The maximum absolute atomic E-state index is 12.5. The van der Waals surface area contributed by atoms with E-state index in [-0.39, 0.29) is 11.3 Å². The first kappa shape index (κ1) is 18.4. The van der Waals surface area contributed by atoms with E-state index in [1.807, 2.05) is 25.7 Å². The van der Waals surface area contributed by atoms with E-state index in [2.05, 4.69) is 13.8 Å². The van der Waals surface area contributed by atoms with Crippen molar-refractivity contribution in [2.75, 3.05) is 13.1 Å². The van der Waals surface area contributed by atoms with Crippen LogP contribution in [0.2, 0.25) is 0 Å². The van der Waals surface area contributed by atoms with Crippen molar-refractivity contribution in [3.05, 3.63) is 0 Å². The zero-order valence-corrected chi connectivity index (χ0v) is 13.7. The second-order valence-corrected chi connectivity index (χ2v) is 6.58. The first-order chi connectivity index (χ1) is 8.84. The van der Waals surface area contributed by atoms with Gasteiger partial charge in [0.1, 0.15) is 0 Å². The van der Waals surface area contributed by atoms with Crippen LogP contribution in [0.1, 0.15) is 73.1 Å². The number of nitrogens with two attached hydrogens (primary N) is 1. The highest BCUT2D eigenvalue weighted by Crippen LogP contribution is 2.19. The lowest BCUT2D eigenvalue weighted by molar-refractivity contribution is -0.135. The Balaban J connectivity index is 4.47. The average molecular weight is 270 g/mol. The monoisotopic (exact) mass is 270 g/mol. The molecule has 0 aliphatic rings. The summed E-state index contributed by atoms with van der Waals surface area (Å²) in [6.07, 6.45) is 6.91. The van der Waals surface area contributed by atoms with Crippen LogP contribution in [0.3, 0.4) is 0 Å². The number of carbonyl (C=O) groups is 1. The number of hydrogen-bond acceptors (Lipinski definition) is 2. The second-order valence-electron chi connectivity index (χ2n) is 6.58. The van der Waals surface area contributed by atoms with Crippen LogP contribution in [0.4, 0.5) is 0 Å². The van der Waals surface area contributed by atoms with Crippen LogP contribution in [0.15, 0.2) is 0 Å². The summed E-state index contributed by atoms with van der Waals surface area (Å²) in [5.74, 6) is 0.125. The van der Waals surface area contributed by atoms with Gasteiger partial charge in [-0.1, -0.05) is 60.3 Å². The van der Waals surface area contributed by atoms with Gasteiger partial charge in [-0.05, 0) is 18.3 Å². The van der Waals surface area contributed by atoms with E-state index < -0.39 is 6.04 Å². The zero-order chi connectivity index (χ0) is 14.9. The summed E-state index contributed by atoms with van der Waals surface area (Å²) in [7, 11) is 0. The summed E-state index contributed by atoms with van der Waals surface area (Å²) < 4.78 is 0. The molecule has 0 aliphatic heterocycles. The van der Waals surface area contributed by atoms with Gasteiger partial charge in [0.2, 0.25) is 5.91 Å². The van der Waals surface area contributed by atoms with Crippen LogP contribution in [0.25, 0.3) is 0 Å². The highest BCUT2D eigenvalue weighted by Gasteiger charge is 2.30. The fourth-order valence-corrected chi connectivity index (χ4v) is 2.00. The molecule has 0 aromatic rings. The molecule has 0 aromatic heterocycles. The van der Waals surface area contributed by atoms with Gasteiger partial charge < -0.3 is 10.6 Å². The Morgan fingerprint density at radius 1 is 1.00 bits per heavy atom. The van der Waals surface area contributed by atoms with E-state index >= 15 is 0 Å². The third-order valence-corrected chi connectivity index (χ3v) is 3.57. The molecule has 114 valence electrons. The number of unbranched alkanes of at least 4 members (excludes halogenated alkanes) is 4. The summed E-state index contributed by atoms with van der Waals surface area (Å²) in [6, 6.07) is -0.393. The lowest BCUT2D eigenvalue weighted by Crippen LogP contribution is -2.50. The minimum absolute atomic E-state index is 0.125. The molecule has 0 unspecified atom stereocenters. The first-order valence-electron chi connectivity index (χ1n) is 7.89. The minimum Gasteiger partial charge on any atom is -0.341 e. The molecule has 0 saturated carbocycles. The highest BCUT2D eigenvalue weighted by atomic mass is 16.2. The van der Waals surface area contributed by atoms with Gasteiger partial charge in [0.05, 0.1) is 6.04 Å². The van der Waals surface area contributed by atoms with Crippen molar-refractivity contribution in [3.8, 4) is 0 Å². The van der Waals surface area contributed by atoms with Gasteiger partial charge in [0, 0.05) is 13.1 Å². The largest absolute Gasteiger partial charge is 0.341 e. The van der Waals surface area contributed by atoms with Gasteiger partial charge in [-0.2, -0.15) is 0 Å². The molecule has 2 N–H and O–H groups in total. The number of nitrogens with zero attached hydrogens (tertiary/aromatic N) is 1. The van der Waals surface area contributed by atoms with Crippen LogP contribution in [-0.4, -0.2) is 29.9 Å². The molecular weight excluding hydrogens is 236 g/mol. The molecular formula is C16H34N2O. The number of carbonyl (C=O) groups excluding carboxylic acids is 1. The summed E-state index contributed by atoms with van der Waals surface area (Å²) in [5.41, 5.74) is 5.95. The molecule has 0 bridgehead atoms. The molecule has 0 saturated heterocycles. The molecule has 3 nitrogen and oxygen atoms in total. The van der Waals surface area contributed by atoms with Gasteiger partial charge in [0.25, 0.3) is 0 Å². The molecule has 0 rings (SSSR count). The fraction of sp³-hybridized carbons (Fsp3) is 0.938. The van der Waals surface area contributed by atoms with Gasteiger partial charge in [-0.15, -0.1) is 0 Å². The Morgan fingerprint density at radius 3 is 1.74 bits per heavy atom. The molecule has 0 aliphatic carbocycles. The van der Waals surface area contributed by atoms with Crippen molar-refractivity contribution in [3.63, 3.8) is 0 Å². The molecule has 0 aromatic carbocycles. The van der Waals surface area contributed by atoms with E-state index in [0.717, 1.165) is 25.9 Å². The van der Waals surface area contributed by atoms with Crippen LogP contribution < -0.4 is 5.73 Å². The highest BCUT2D eigenvalue weighted by molar-refractivity contribution is 5.82. The molecule has 19 heavy (non-hydrogen) atoms. The summed E-state index contributed by atoms with van der Waals surface area (Å²) in [5, 5.41) is 0. The van der Waals surface area contributed by atoms with Crippen LogP contribution in [0, 0.1) is 5.41 Å². The SMILES string of the molecule is CCCCCN(CCCCC)C(=O)[C@H](N)C(C)(C)C. The van der Waals surface area contributed by atoms with Gasteiger partial charge in [-0.25, -0.2) is 0 Å². The van der Waals surface area contributed by atoms with Crippen molar-refractivity contribution in [1.82, 2.24) is 4.90 Å².